The van der Waals surface area contributed by atoms with E-state index in [-0.39, 0.29) is 18.0 Å². The van der Waals surface area contributed by atoms with E-state index in [9.17, 15) is 13.5 Å². The molecule has 0 unspecified atom stereocenters. The second-order valence-electron chi connectivity index (χ2n) is 4.54. The van der Waals surface area contributed by atoms with Crippen molar-refractivity contribution in [2.75, 3.05) is 0 Å². The minimum Gasteiger partial charge on any atom is -0.392 e. The molecular weight excluding hydrogens is 376 g/mol. The number of hydrogen-bond acceptors (Lipinski definition) is 5. The normalized spacial score (nSPS) is 11.8. The molecule has 0 aliphatic carbocycles. The van der Waals surface area contributed by atoms with E-state index in [2.05, 4.69) is 25.6 Å². The van der Waals surface area contributed by atoms with E-state index in [0.29, 0.717) is 21.3 Å². The first kappa shape index (κ1) is 16.6. The van der Waals surface area contributed by atoms with Gasteiger partial charge in [0.15, 0.2) is 0 Å². The molecule has 0 bridgehead atoms. The molecule has 0 radical (unpaired) electrons. The first-order chi connectivity index (χ1) is 9.83. The van der Waals surface area contributed by atoms with Gasteiger partial charge >= 0.3 is 0 Å². The van der Waals surface area contributed by atoms with Crippen molar-refractivity contribution in [3.8, 4) is 0 Å². The second kappa shape index (κ2) is 6.53. The lowest BCUT2D eigenvalue weighted by atomic mass is 10.2. The molecule has 2 N–H and O–H groups in total. The molecule has 0 atom stereocenters. The molecule has 1 heterocycles. The topological polar surface area (TPSA) is 79.3 Å². The standard InChI is InChI=1S/C13H15BrN2O3S2/c1-8-12(14)3-10(6-17)4-13(8)21(18,19)15-5-11-7-20-9(2)16-11/h3-4,7,15,17H,5-6H2,1-2H3. The number of nitrogens with one attached hydrogen (secondary N) is 1. The highest BCUT2D eigenvalue weighted by molar-refractivity contribution is 9.10. The third kappa shape index (κ3) is 3.89. The van der Waals surface area contributed by atoms with Gasteiger partial charge in [0.05, 0.1) is 28.7 Å². The highest BCUT2D eigenvalue weighted by atomic mass is 79.9. The number of nitrogens with zero attached hydrogens (tertiary/aromatic N) is 1. The number of rotatable bonds is 5. The minimum atomic E-state index is -3.66. The van der Waals surface area contributed by atoms with Crippen molar-refractivity contribution in [1.29, 1.82) is 0 Å². The van der Waals surface area contributed by atoms with E-state index in [4.69, 9.17) is 0 Å². The Morgan fingerprint density at radius 2 is 2.10 bits per heavy atom. The molecule has 1 aromatic heterocycles. The van der Waals surface area contributed by atoms with Gasteiger partial charge in [0.2, 0.25) is 10.0 Å². The fourth-order valence-electron chi connectivity index (χ4n) is 1.81. The summed E-state index contributed by atoms with van der Waals surface area (Å²) < 4.78 is 28.0. The Balaban J connectivity index is 2.29. The van der Waals surface area contributed by atoms with Crippen molar-refractivity contribution < 1.29 is 13.5 Å². The number of halogens is 1. The van der Waals surface area contributed by atoms with E-state index >= 15 is 0 Å². The highest BCUT2D eigenvalue weighted by Gasteiger charge is 2.19. The zero-order chi connectivity index (χ0) is 15.6. The van der Waals surface area contributed by atoms with E-state index in [1.54, 1.807) is 13.0 Å². The highest BCUT2D eigenvalue weighted by Crippen LogP contribution is 2.26. The van der Waals surface area contributed by atoms with Gasteiger partial charge in [0.1, 0.15) is 0 Å². The molecule has 2 rings (SSSR count). The summed E-state index contributed by atoms with van der Waals surface area (Å²) in [6.45, 7) is 3.52. The number of aromatic nitrogens is 1. The molecule has 0 amide bonds. The van der Waals surface area contributed by atoms with Crippen molar-refractivity contribution in [3.63, 3.8) is 0 Å². The maximum absolute atomic E-state index is 12.4. The summed E-state index contributed by atoms with van der Waals surface area (Å²) in [5.74, 6) is 0. The molecule has 0 saturated carbocycles. The smallest absolute Gasteiger partial charge is 0.241 e. The Kier molecular flexibility index (Phi) is 5.15. The van der Waals surface area contributed by atoms with Crippen LogP contribution in [0.3, 0.4) is 0 Å². The second-order valence-corrected chi connectivity index (χ2v) is 8.19. The SMILES string of the molecule is Cc1nc(CNS(=O)(=O)c2cc(CO)cc(Br)c2C)cs1. The Morgan fingerprint density at radius 1 is 1.38 bits per heavy atom. The molecular formula is C13H15BrN2O3S2. The van der Waals surface area contributed by atoms with Crippen LogP contribution in [-0.2, 0) is 23.2 Å². The molecule has 0 aliphatic heterocycles. The first-order valence-electron chi connectivity index (χ1n) is 6.14. The number of sulfonamides is 1. The monoisotopic (exact) mass is 390 g/mol. The van der Waals surface area contributed by atoms with Gasteiger partial charge < -0.3 is 5.11 Å². The third-order valence-electron chi connectivity index (χ3n) is 2.94. The largest absolute Gasteiger partial charge is 0.392 e. The van der Waals surface area contributed by atoms with Crippen LogP contribution in [0.15, 0.2) is 26.9 Å². The van der Waals surface area contributed by atoms with E-state index in [1.165, 1.54) is 17.4 Å². The van der Waals surface area contributed by atoms with Gasteiger partial charge in [-0.25, -0.2) is 18.1 Å². The van der Waals surface area contributed by atoms with Gasteiger partial charge in [-0.1, -0.05) is 15.9 Å². The predicted octanol–water partition coefficient (Wildman–Crippen LogP) is 2.49. The summed E-state index contributed by atoms with van der Waals surface area (Å²) in [5, 5.41) is 11.9. The van der Waals surface area contributed by atoms with Crippen LogP contribution in [0.1, 0.15) is 21.8 Å². The molecule has 0 fully saturated rings. The summed E-state index contributed by atoms with van der Waals surface area (Å²) in [7, 11) is -3.66. The average Bonchev–Trinajstić information content (AvgIpc) is 2.85. The molecule has 0 aliphatic rings. The maximum Gasteiger partial charge on any atom is 0.241 e. The van der Waals surface area contributed by atoms with Crippen molar-refractivity contribution in [1.82, 2.24) is 9.71 Å². The van der Waals surface area contributed by atoms with Crippen LogP contribution in [0.2, 0.25) is 0 Å². The molecule has 114 valence electrons. The summed E-state index contributed by atoms with van der Waals surface area (Å²) in [6, 6.07) is 3.19. The van der Waals surface area contributed by atoms with Crippen LogP contribution in [0.25, 0.3) is 0 Å². The Bertz CT molecular complexity index is 757. The summed E-state index contributed by atoms with van der Waals surface area (Å²) >= 11 is 4.79. The molecule has 5 nitrogen and oxygen atoms in total. The Labute approximate surface area is 136 Å². The molecule has 2 aromatic rings. The molecule has 21 heavy (non-hydrogen) atoms. The van der Waals surface area contributed by atoms with E-state index in [0.717, 1.165) is 5.01 Å². The average molecular weight is 391 g/mol. The third-order valence-corrected chi connectivity index (χ3v) is 6.11. The number of aliphatic hydroxyl groups excluding tert-OH is 1. The number of hydrogen-bond donors (Lipinski definition) is 2. The van der Waals surface area contributed by atoms with Crippen molar-refractivity contribution >= 4 is 37.3 Å². The zero-order valence-electron chi connectivity index (χ0n) is 11.6. The van der Waals surface area contributed by atoms with Crippen LogP contribution < -0.4 is 4.72 Å². The van der Waals surface area contributed by atoms with Crippen LogP contribution in [-0.4, -0.2) is 18.5 Å². The van der Waals surface area contributed by atoms with Gasteiger partial charge in [0, 0.05) is 9.85 Å². The van der Waals surface area contributed by atoms with Crippen LogP contribution in [0, 0.1) is 13.8 Å². The minimum absolute atomic E-state index is 0.146. The quantitative estimate of drug-likeness (QED) is 0.821. The van der Waals surface area contributed by atoms with Crippen LogP contribution in [0.4, 0.5) is 0 Å². The predicted molar refractivity (Wildman–Crippen MR) is 85.7 cm³/mol. The van der Waals surface area contributed by atoms with Gasteiger partial charge in [-0.05, 0) is 37.1 Å². The van der Waals surface area contributed by atoms with E-state index in [1.807, 2.05) is 12.3 Å². The lowest BCUT2D eigenvalue weighted by Gasteiger charge is -2.11. The summed E-state index contributed by atoms with van der Waals surface area (Å²) in [6.07, 6.45) is 0. The van der Waals surface area contributed by atoms with Crippen molar-refractivity contribution in [2.24, 2.45) is 0 Å². The zero-order valence-corrected chi connectivity index (χ0v) is 14.8. The fourth-order valence-corrected chi connectivity index (χ4v) is 4.38. The van der Waals surface area contributed by atoms with Crippen LogP contribution in [0.5, 0.6) is 0 Å². The molecule has 0 saturated heterocycles. The lowest BCUT2D eigenvalue weighted by Crippen LogP contribution is -2.24. The van der Waals surface area contributed by atoms with Crippen LogP contribution >= 0.6 is 27.3 Å². The Hall–Kier alpha value is -0.800. The number of benzene rings is 1. The number of aryl methyl sites for hydroxylation is 1. The molecule has 1 aromatic carbocycles. The fraction of sp³-hybridized carbons (Fsp3) is 0.308. The molecule has 8 heteroatoms. The van der Waals surface area contributed by atoms with Gasteiger partial charge in [-0.3, -0.25) is 0 Å². The lowest BCUT2D eigenvalue weighted by molar-refractivity contribution is 0.281. The molecule has 0 spiro atoms. The first-order valence-corrected chi connectivity index (χ1v) is 9.29. The van der Waals surface area contributed by atoms with E-state index < -0.39 is 10.0 Å². The van der Waals surface area contributed by atoms with Gasteiger partial charge in [0.25, 0.3) is 0 Å². The number of aliphatic hydroxyl groups is 1. The van der Waals surface area contributed by atoms with Crippen molar-refractivity contribution in [3.05, 3.63) is 43.8 Å². The maximum atomic E-state index is 12.4. The number of thiazole rings is 1. The van der Waals surface area contributed by atoms with Gasteiger partial charge in [-0.2, -0.15) is 0 Å². The summed E-state index contributed by atoms with van der Waals surface area (Å²) in [4.78, 5) is 4.38. The summed E-state index contributed by atoms with van der Waals surface area (Å²) in [5.41, 5.74) is 1.84. The van der Waals surface area contributed by atoms with Crippen molar-refractivity contribution in [2.45, 2.75) is 31.9 Å². The van der Waals surface area contributed by atoms with Gasteiger partial charge in [-0.15, -0.1) is 11.3 Å². The Morgan fingerprint density at radius 3 is 2.67 bits per heavy atom.